The smallest absolute Gasteiger partial charge is 0.305 e. The molecule has 114 valence electrons. The number of tetrazole rings is 1. The lowest BCUT2D eigenvalue weighted by Gasteiger charge is -2.25. The van der Waals surface area contributed by atoms with Crippen LogP contribution in [-0.2, 0) is 4.79 Å². The van der Waals surface area contributed by atoms with E-state index in [1.165, 1.54) is 11.3 Å². The van der Waals surface area contributed by atoms with Gasteiger partial charge in [0.15, 0.2) is 5.82 Å². The Kier molecular flexibility index (Phi) is 4.63. The average Bonchev–Trinajstić information content (AvgIpc) is 2.93. The molecule has 0 aliphatic carbocycles. The lowest BCUT2D eigenvalue weighted by molar-refractivity contribution is -0.138. The summed E-state index contributed by atoms with van der Waals surface area (Å²) in [6.45, 7) is 6.19. The highest BCUT2D eigenvalue weighted by molar-refractivity contribution is 7.19. The van der Waals surface area contributed by atoms with E-state index in [0.717, 1.165) is 4.88 Å². The van der Waals surface area contributed by atoms with Gasteiger partial charge in [-0.05, 0) is 34.4 Å². The van der Waals surface area contributed by atoms with Crippen molar-refractivity contribution in [1.82, 2.24) is 20.2 Å². The summed E-state index contributed by atoms with van der Waals surface area (Å²) in [7, 11) is 0. The molecule has 2 aromatic heterocycles. The molecule has 0 fully saturated rings. The Hall–Kier alpha value is -1.47. The summed E-state index contributed by atoms with van der Waals surface area (Å²) in [6, 6.07) is 3.31. The fraction of sp³-hybridized carbons (Fsp3) is 0.538. The third-order valence-electron chi connectivity index (χ3n) is 2.89. The minimum atomic E-state index is -0.866. The third kappa shape index (κ3) is 4.25. The lowest BCUT2D eigenvalue weighted by atomic mass is 9.87. The summed E-state index contributed by atoms with van der Waals surface area (Å²) >= 11 is 7.32. The fourth-order valence-electron chi connectivity index (χ4n) is 2.19. The molecule has 8 heteroatoms. The molecule has 0 aliphatic heterocycles. The molecule has 0 amide bonds. The van der Waals surface area contributed by atoms with Crippen LogP contribution in [0.5, 0.6) is 0 Å². The van der Waals surface area contributed by atoms with Crippen molar-refractivity contribution in [3.63, 3.8) is 0 Å². The van der Waals surface area contributed by atoms with Gasteiger partial charge in [-0.2, -0.15) is 0 Å². The van der Waals surface area contributed by atoms with Crippen molar-refractivity contribution in [3.05, 3.63) is 16.5 Å². The Morgan fingerprint density at radius 1 is 1.48 bits per heavy atom. The van der Waals surface area contributed by atoms with Gasteiger partial charge in [-0.1, -0.05) is 32.4 Å². The van der Waals surface area contributed by atoms with Crippen LogP contribution in [0.3, 0.4) is 0 Å². The van der Waals surface area contributed by atoms with Crippen molar-refractivity contribution in [2.24, 2.45) is 5.41 Å². The Morgan fingerprint density at radius 2 is 2.19 bits per heavy atom. The summed E-state index contributed by atoms with van der Waals surface area (Å²) in [5, 5.41) is 20.9. The molecule has 21 heavy (non-hydrogen) atoms. The van der Waals surface area contributed by atoms with Crippen molar-refractivity contribution >= 4 is 28.9 Å². The first-order valence-corrected chi connectivity index (χ1v) is 7.71. The van der Waals surface area contributed by atoms with Crippen molar-refractivity contribution in [1.29, 1.82) is 0 Å². The van der Waals surface area contributed by atoms with E-state index in [1.54, 1.807) is 10.7 Å². The molecular formula is C13H17ClN4O2S. The fourth-order valence-corrected chi connectivity index (χ4v) is 3.21. The largest absolute Gasteiger partial charge is 0.481 e. The van der Waals surface area contributed by atoms with Gasteiger partial charge < -0.3 is 5.11 Å². The van der Waals surface area contributed by atoms with Crippen molar-refractivity contribution in [3.8, 4) is 10.7 Å². The van der Waals surface area contributed by atoms with E-state index in [1.807, 2.05) is 6.07 Å². The second-order valence-corrected chi connectivity index (χ2v) is 7.78. The summed E-state index contributed by atoms with van der Waals surface area (Å²) in [4.78, 5) is 12.0. The quantitative estimate of drug-likeness (QED) is 0.908. The van der Waals surface area contributed by atoms with Crippen LogP contribution in [-0.4, -0.2) is 31.3 Å². The van der Waals surface area contributed by atoms with Gasteiger partial charge in [0, 0.05) is 0 Å². The van der Waals surface area contributed by atoms with Gasteiger partial charge in [-0.3, -0.25) is 4.79 Å². The predicted octanol–water partition coefficient (Wildman–Crippen LogP) is 3.51. The van der Waals surface area contributed by atoms with Gasteiger partial charge in [0.2, 0.25) is 0 Å². The monoisotopic (exact) mass is 328 g/mol. The van der Waals surface area contributed by atoms with E-state index < -0.39 is 5.97 Å². The zero-order valence-electron chi connectivity index (χ0n) is 12.1. The Labute approximate surface area is 131 Å². The minimum absolute atomic E-state index is 0.0194. The number of aromatic nitrogens is 4. The molecule has 0 bridgehead atoms. The molecule has 2 aromatic rings. The Balaban J connectivity index is 2.36. The van der Waals surface area contributed by atoms with Gasteiger partial charge in [-0.25, -0.2) is 4.68 Å². The zero-order chi connectivity index (χ0) is 15.6. The summed E-state index contributed by atoms with van der Waals surface area (Å²) < 4.78 is 2.24. The Bertz CT molecular complexity index is 632. The number of hydrogen-bond donors (Lipinski definition) is 1. The molecule has 0 spiro atoms. The molecule has 0 aromatic carbocycles. The maximum Gasteiger partial charge on any atom is 0.305 e. The van der Waals surface area contributed by atoms with E-state index in [4.69, 9.17) is 16.7 Å². The molecule has 0 aliphatic rings. The molecule has 2 rings (SSSR count). The molecule has 2 heterocycles. The van der Waals surface area contributed by atoms with Crippen LogP contribution in [0.1, 0.15) is 39.7 Å². The van der Waals surface area contributed by atoms with Crippen molar-refractivity contribution in [2.75, 3.05) is 0 Å². The second-order valence-electron chi connectivity index (χ2n) is 6.07. The standard InChI is InChI=1S/C13H17ClN4O2S/c1-13(2,3)7-8(6-11(19)20)18-12(15-16-17-18)9-4-5-10(14)21-9/h4-5,8H,6-7H2,1-3H3,(H,19,20). The van der Waals surface area contributed by atoms with E-state index in [-0.39, 0.29) is 17.9 Å². The number of rotatable bonds is 5. The third-order valence-corrected chi connectivity index (χ3v) is 4.12. The Morgan fingerprint density at radius 3 is 2.71 bits per heavy atom. The van der Waals surface area contributed by atoms with E-state index >= 15 is 0 Å². The van der Waals surface area contributed by atoms with Gasteiger partial charge >= 0.3 is 5.97 Å². The number of carboxylic acid groups (broad SMARTS) is 1. The SMILES string of the molecule is CC(C)(C)CC(CC(=O)O)n1nnnc1-c1ccc(Cl)s1. The molecule has 1 atom stereocenters. The molecule has 6 nitrogen and oxygen atoms in total. The summed E-state index contributed by atoms with van der Waals surface area (Å²) in [6.07, 6.45) is 0.644. The molecular weight excluding hydrogens is 312 g/mol. The van der Waals surface area contributed by atoms with E-state index in [0.29, 0.717) is 16.6 Å². The van der Waals surface area contributed by atoms with Gasteiger partial charge in [-0.15, -0.1) is 16.4 Å². The zero-order valence-corrected chi connectivity index (χ0v) is 13.6. The molecule has 0 radical (unpaired) electrons. The topological polar surface area (TPSA) is 80.9 Å². The highest BCUT2D eigenvalue weighted by atomic mass is 35.5. The van der Waals surface area contributed by atoms with Crippen LogP contribution in [0.2, 0.25) is 4.34 Å². The lowest BCUT2D eigenvalue weighted by Crippen LogP contribution is -2.22. The predicted molar refractivity (Wildman–Crippen MR) is 81.5 cm³/mol. The first-order valence-electron chi connectivity index (χ1n) is 6.51. The molecule has 1 N–H and O–H groups in total. The highest BCUT2D eigenvalue weighted by Crippen LogP contribution is 2.34. The first kappa shape index (κ1) is 15.9. The number of halogens is 1. The maximum absolute atomic E-state index is 11.1. The number of aliphatic carboxylic acids is 1. The average molecular weight is 329 g/mol. The van der Waals surface area contributed by atoms with Crippen LogP contribution >= 0.6 is 22.9 Å². The molecule has 0 saturated heterocycles. The van der Waals surface area contributed by atoms with Crippen LogP contribution in [0, 0.1) is 5.41 Å². The van der Waals surface area contributed by atoms with Crippen LogP contribution in [0.25, 0.3) is 10.7 Å². The number of carboxylic acids is 1. The van der Waals surface area contributed by atoms with Gasteiger partial charge in [0.05, 0.1) is 21.7 Å². The van der Waals surface area contributed by atoms with Gasteiger partial charge in [0.1, 0.15) is 0 Å². The van der Waals surface area contributed by atoms with Crippen molar-refractivity contribution < 1.29 is 9.90 Å². The first-order chi connectivity index (χ1) is 9.76. The number of carbonyl (C=O) groups is 1. The number of hydrogen-bond acceptors (Lipinski definition) is 5. The van der Waals surface area contributed by atoms with Crippen LogP contribution in [0.15, 0.2) is 12.1 Å². The summed E-state index contributed by atoms with van der Waals surface area (Å²) in [5.41, 5.74) is -0.0313. The second kappa shape index (κ2) is 6.11. The van der Waals surface area contributed by atoms with Crippen LogP contribution in [0.4, 0.5) is 0 Å². The summed E-state index contributed by atoms with van der Waals surface area (Å²) in [5.74, 6) is -0.308. The number of nitrogens with zero attached hydrogens (tertiary/aromatic N) is 4. The van der Waals surface area contributed by atoms with E-state index in [2.05, 4.69) is 36.3 Å². The molecule has 1 unspecified atom stereocenters. The van der Waals surface area contributed by atoms with Crippen molar-refractivity contribution in [2.45, 2.75) is 39.7 Å². The highest BCUT2D eigenvalue weighted by Gasteiger charge is 2.26. The molecule has 0 saturated carbocycles. The van der Waals surface area contributed by atoms with Gasteiger partial charge in [0.25, 0.3) is 0 Å². The van der Waals surface area contributed by atoms with E-state index in [9.17, 15) is 4.79 Å². The normalized spacial score (nSPS) is 13.3. The maximum atomic E-state index is 11.1. The van der Waals surface area contributed by atoms with Crippen LogP contribution < -0.4 is 0 Å². The minimum Gasteiger partial charge on any atom is -0.481 e. The number of thiophene rings is 1.